The minimum atomic E-state index is -3.08. The highest BCUT2D eigenvalue weighted by Gasteiger charge is 2.36. The van der Waals surface area contributed by atoms with Crippen LogP contribution in [0.2, 0.25) is 0 Å². The third-order valence-corrected chi connectivity index (χ3v) is 13.1. The summed E-state index contributed by atoms with van der Waals surface area (Å²) in [6, 6.07) is 50.6. The maximum absolute atomic E-state index is 15.2. The van der Waals surface area contributed by atoms with Gasteiger partial charge in [0, 0.05) is 47.2 Å². The Balaban J connectivity index is 1.35. The van der Waals surface area contributed by atoms with E-state index in [2.05, 4.69) is 104 Å². The van der Waals surface area contributed by atoms with Gasteiger partial charge in [0.1, 0.15) is 0 Å². The van der Waals surface area contributed by atoms with E-state index in [4.69, 9.17) is 0 Å². The van der Waals surface area contributed by atoms with Crippen molar-refractivity contribution in [1.29, 1.82) is 0 Å². The van der Waals surface area contributed by atoms with Gasteiger partial charge < -0.3 is 9.46 Å². The van der Waals surface area contributed by atoms with Crippen molar-refractivity contribution in [3.63, 3.8) is 0 Å². The lowest BCUT2D eigenvalue weighted by Gasteiger charge is -2.42. The monoisotopic (exact) mass is 591 g/mol. The molecule has 0 spiro atoms. The van der Waals surface area contributed by atoms with E-state index >= 15 is 4.57 Å². The van der Waals surface area contributed by atoms with E-state index in [0.717, 1.165) is 27.0 Å². The summed E-state index contributed by atoms with van der Waals surface area (Å²) in [5.41, 5.74) is 6.08. The number of thiophene rings is 1. The molecule has 0 unspecified atom stereocenters. The molecule has 0 saturated carbocycles. The molecule has 0 bridgehead atoms. The normalized spacial score (nSPS) is 14.0. The summed E-state index contributed by atoms with van der Waals surface area (Å²) >= 11 is 1.79. The van der Waals surface area contributed by atoms with Crippen molar-refractivity contribution in [3.8, 4) is 0 Å². The van der Waals surface area contributed by atoms with Crippen molar-refractivity contribution in [1.82, 2.24) is 0 Å². The number of rotatable bonds is 4. The Bertz CT molecular complexity index is 2110. The Kier molecular flexibility index (Phi) is 5.98. The highest BCUT2D eigenvalue weighted by Crippen LogP contribution is 2.52. The Morgan fingerprint density at radius 2 is 1.02 bits per heavy atom. The second kappa shape index (κ2) is 9.81. The molecule has 0 atom stereocenters. The third-order valence-electron chi connectivity index (χ3n) is 8.93. The SMILES string of the molecule is CC1(C)c2ccccc2N(c2ccc3sc4ccc(P(=O)(c5ccccc5)c5ccccc5)cc4c3c2)c2ccccc21. The number of nitrogens with zero attached hydrogens (tertiary/aromatic N) is 1. The highest BCUT2D eigenvalue weighted by molar-refractivity contribution is 7.85. The average Bonchev–Trinajstić information content (AvgIpc) is 3.43. The zero-order valence-electron chi connectivity index (χ0n) is 24.1. The molecule has 208 valence electrons. The minimum Gasteiger partial charge on any atom is -0.310 e. The standard InChI is InChI=1S/C39H30NOPS/c1-39(2)33-17-9-11-19-35(33)40(36-20-12-10-18-34(36)39)27-21-23-37-31(25-27)32-26-30(22-24-38(32)43-37)42(41,28-13-5-3-6-14-28)29-15-7-4-8-16-29/h3-26H,1-2H3. The molecule has 0 saturated heterocycles. The highest BCUT2D eigenvalue weighted by atomic mass is 32.1. The molecule has 2 nitrogen and oxygen atoms in total. The quantitative estimate of drug-likeness (QED) is 0.190. The molecule has 8 rings (SSSR count). The van der Waals surface area contributed by atoms with Crippen LogP contribution in [0, 0.1) is 0 Å². The number of benzene rings is 6. The Morgan fingerprint density at radius 1 is 0.535 bits per heavy atom. The Morgan fingerprint density at radius 3 is 1.60 bits per heavy atom. The fourth-order valence-electron chi connectivity index (χ4n) is 6.76. The van der Waals surface area contributed by atoms with Gasteiger partial charge >= 0.3 is 0 Å². The molecule has 1 aromatic heterocycles. The van der Waals surface area contributed by atoms with E-state index in [1.54, 1.807) is 11.3 Å². The van der Waals surface area contributed by atoms with Crippen molar-refractivity contribution >= 4 is 71.6 Å². The van der Waals surface area contributed by atoms with Crippen LogP contribution < -0.4 is 20.8 Å². The van der Waals surface area contributed by atoms with Gasteiger partial charge in [-0.15, -0.1) is 11.3 Å². The maximum atomic E-state index is 15.2. The van der Waals surface area contributed by atoms with Crippen LogP contribution in [0.3, 0.4) is 0 Å². The number of para-hydroxylation sites is 2. The first kappa shape index (κ1) is 26.2. The molecule has 6 aromatic carbocycles. The molecule has 7 aromatic rings. The van der Waals surface area contributed by atoms with Crippen LogP contribution in [0.5, 0.6) is 0 Å². The van der Waals surface area contributed by atoms with Gasteiger partial charge in [-0.05, 0) is 59.7 Å². The first-order valence-corrected chi connectivity index (χ1v) is 17.2. The lowest BCUT2D eigenvalue weighted by molar-refractivity contribution is 0.592. The minimum absolute atomic E-state index is 0.103. The lowest BCUT2D eigenvalue weighted by atomic mass is 9.73. The summed E-state index contributed by atoms with van der Waals surface area (Å²) in [5.74, 6) is 0. The van der Waals surface area contributed by atoms with Gasteiger partial charge in [0.25, 0.3) is 0 Å². The van der Waals surface area contributed by atoms with Crippen molar-refractivity contribution in [2.75, 3.05) is 4.90 Å². The van der Waals surface area contributed by atoms with E-state index in [1.807, 2.05) is 60.7 Å². The van der Waals surface area contributed by atoms with Crippen LogP contribution in [0.25, 0.3) is 20.2 Å². The summed E-state index contributed by atoms with van der Waals surface area (Å²) in [5, 5.41) is 4.89. The number of hydrogen-bond donors (Lipinski definition) is 0. The van der Waals surface area contributed by atoms with Gasteiger partial charge in [-0.3, -0.25) is 0 Å². The van der Waals surface area contributed by atoms with E-state index < -0.39 is 7.14 Å². The third kappa shape index (κ3) is 3.96. The van der Waals surface area contributed by atoms with E-state index in [1.165, 1.54) is 37.3 Å². The summed E-state index contributed by atoms with van der Waals surface area (Å²) in [4.78, 5) is 2.40. The molecule has 0 fully saturated rings. The summed E-state index contributed by atoms with van der Waals surface area (Å²) in [6.07, 6.45) is 0. The van der Waals surface area contributed by atoms with Crippen molar-refractivity contribution in [3.05, 3.63) is 157 Å². The molecule has 1 aliphatic heterocycles. The predicted octanol–water partition coefficient (Wildman–Crippen LogP) is 9.80. The molecule has 0 aliphatic carbocycles. The molecule has 0 radical (unpaired) electrons. The smallest absolute Gasteiger partial charge is 0.171 e. The van der Waals surface area contributed by atoms with Crippen LogP contribution in [-0.2, 0) is 9.98 Å². The first-order valence-electron chi connectivity index (χ1n) is 14.6. The van der Waals surface area contributed by atoms with Gasteiger partial charge in [0.05, 0.1) is 11.4 Å². The molecule has 0 amide bonds. The van der Waals surface area contributed by atoms with Crippen LogP contribution in [-0.4, -0.2) is 0 Å². The Hall–Kier alpha value is -4.43. The van der Waals surface area contributed by atoms with E-state index in [-0.39, 0.29) is 5.41 Å². The summed E-state index contributed by atoms with van der Waals surface area (Å²) in [7, 11) is -3.08. The maximum Gasteiger partial charge on any atom is 0.171 e. The molecule has 1 aliphatic rings. The van der Waals surface area contributed by atoms with Crippen LogP contribution in [0.1, 0.15) is 25.0 Å². The van der Waals surface area contributed by atoms with Crippen molar-refractivity contribution in [2.45, 2.75) is 19.3 Å². The molecular weight excluding hydrogens is 561 g/mol. The summed E-state index contributed by atoms with van der Waals surface area (Å²) < 4.78 is 17.6. The molecule has 0 N–H and O–H groups in total. The van der Waals surface area contributed by atoms with E-state index in [0.29, 0.717) is 0 Å². The van der Waals surface area contributed by atoms with Gasteiger partial charge in [-0.1, -0.05) is 111 Å². The second-order valence-electron chi connectivity index (χ2n) is 11.7. The first-order chi connectivity index (χ1) is 21.0. The predicted molar refractivity (Wildman–Crippen MR) is 186 cm³/mol. The van der Waals surface area contributed by atoms with Crippen LogP contribution in [0.15, 0.2) is 146 Å². The molecule has 4 heteroatoms. The van der Waals surface area contributed by atoms with Gasteiger partial charge in [-0.2, -0.15) is 0 Å². The fraction of sp³-hybridized carbons (Fsp3) is 0.0769. The van der Waals surface area contributed by atoms with Crippen LogP contribution in [0.4, 0.5) is 17.1 Å². The zero-order valence-corrected chi connectivity index (χ0v) is 25.8. The van der Waals surface area contributed by atoms with Crippen LogP contribution >= 0.6 is 18.5 Å². The fourth-order valence-corrected chi connectivity index (χ4v) is 10.5. The Labute approximate surface area is 256 Å². The number of fused-ring (bicyclic) bond motifs is 5. The van der Waals surface area contributed by atoms with Gasteiger partial charge in [0.2, 0.25) is 0 Å². The van der Waals surface area contributed by atoms with Gasteiger partial charge in [-0.25, -0.2) is 0 Å². The molecular formula is C39H30NOPS. The molecule has 2 heterocycles. The number of anilines is 3. The van der Waals surface area contributed by atoms with E-state index in [9.17, 15) is 0 Å². The average molecular weight is 592 g/mol. The van der Waals surface area contributed by atoms with Crippen molar-refractivity contribution < 1.29 is 4.57 Å². The largest absolute Gasteiger partial charge is 0.310 e. The zero-order chi connectivity index (χ0) is 29.2. The lowest BCUT2D eigenvalue weighted by Crippen LogP contribution is -2.30. The van der Waals surface area contributed by atoms with Gasteiger partial charge in [0.15, 0.2) is 7.14 Å². The topological polar surface area (TPSA) is 20.3 Å². The summed E-state index contributed by atoms with van der Waals surface area (Å²) in [6.45, 7) is 4.63. The van der Waals surface area contributed by atoms with Crippen molar-refractivity contribution in [2.24, 2.45) is 0 Å². The molecule has 43 heavy (non-hydrogen) atoms. The number of hydrogen-bond acceptors (Lipinski definition) is 3. The second-order valence-corrected chi connectivity index (χ2v) is 15.6.